The van der Waals surface area contributed by atoms with E-state index in [4.69, 9.17) is 9.84 Å². The Bertz CT molecular complexity index is 908. The highest BCUT2D eigenvalue weighted by atomic mass is 16.5. The van der Waals surface area contributed by atoms with E-state index in [2.05, 4.69) is 44.2 Å². The maximum absolute atomic E-state index is 11.0. The Kier molecular flexibility index (Phi) is 4.52. The molecule has 0 amide bonds. The van der Waals surface area contributed by atoms with Crippen LogP contribution in [0.15, 0.2) is 48.5 Å². The predicted octanol–water partition coefficient (Wildman–Crippen LogP) is 4.05. The summed E-state index contributed by atoms with van der Waals surface area (Å²) in [5.74, 6) is 0.145. The van der Waals surface area contributed by atoms with Crippen molar-refractivity contribution in [3.05, 3.63) is 70.8 Å². The highest BCUT2D eigenvalue weighted by Crippen LogP contribution is 2.43. The molecule has 27 heavy (non-hydrogen) atoms. The minimum Gasteiger partial charge on any atom is -0.482 e. The molecule has 0 aliphatic carbocycles. The van der Waals surface area contributed by atoms with Crippen LogP contribution in [0.2, 0.25) is 0 Å². The van der Waals surface area contributed by atoms with Gasteiger partial charge in [-0.3, -0.25) is 9.69 Å². The highest BCUT2D eigenvalue weighted by molar-refractivity contribution is 5.85. The lowest BCUT2D eigenvalue weighted by molar-refractivity contribution is -0.139. The van der Waals surface area contributed by atoms with E-state index in [-0.39, 0.29) is 12.1 Å². The molecule has 0 atom stereocenters. The summed E-state index contributed by atoms with van der Waals surface area (Å²) in [6.07, 6.45) is 3.86. The Hall–Kier alpha value is -2.59. The van der Waals surface area contributed by atoms with Crippen molar-refractivity contribution < 1.29 is 14.6 Å². The number of carboxylic acid groups (broad SMARTS) is 1. The smallest absolute Gasteiger partial charge is 0.317 e. The molecule has 1 N–H and O–H groups in total. The largest absolute Gasteiger partial charge is 0.482 e. The van der Waals surface area contributed by atoms with Crippen LogP contribution in [0, 0.1) is 13.8 Å². The van der Waals surface area contributed by atoms with Gasteiger partial charge in [-0.05, 0) is 48.3 Å². The lowest BCUT2D eigenvalue weighted by Crippen LogP contribution is -2.49. The molecule has 140 valence electrons. The standard InChI is InChI=1S/C23H25NO3/c1-16-7-8-18(13-17(16)2)20-14-23(27-21-6-4-3-5-19(20)21)9-11-24(12-10-23)15-22(25)26/h3-8,13-14H,9-12,15H2,1-2H3,(H,25,26). The molecular weight excluding hydrogens is 338 g/mol. The number of aliphatic carboxylic acids is 1. The van der Waals surface area contributed by atoms with Crippen LogP contribution >= 0.6 is 0 Å². The van der Waals surface area contributed by atoms with Crippen molar-refractivity contribution in [3.63, 3.8) is 0 Å². The van der Waals surface area contributed by atoms with Crippen molar-refractivity contribution in [2.24, 2.45) is 0 Å². The number of nitrogens with zero attached hydrogens (tertiary/aromatic N) is 1. The third kappa shape index (κ3) is 3.50. The number of aryl methyl sites for hydroxylation is 2. The lowest BCUT2D eigenvalue weighted by Gasteiger charge is -2.42. The Morgan fingerprint density at radius 2 is 1.85 bits per heavy atom. The van der Waals surface area contributed by atoms with Gasteiger partial charge in [0.1, 0.15) is 11.4 Å². The number of para-hydroxylation sites is 1. The second kappa shape index (κ2) is 6.86. The summed E-state index contributed by atoms with van der Waals surface area (Å²) in [6.45, 7) is 5.83. The van der Waals surface area contributed by atoms with Gasteiger partial charge < -0.3 is 9.84 Å². The van der Waals surface area contributed by atoms with Crippen LogP contribution in [0.25, 0.3) is 5.57 Å². The van der Waals surface area contributed by atoms with Crippen molar-refractivity contribution in [1.82, 2.24) is 4.90 Å². The molecule has 4 rings (SSSR count). The average molecular weight is 363 g/mol. The van der Waals surface area contributed by atoms with E-state index < -0.39 is 5.97 Å². The van der Waals surface area contributed by atoms with E-state index in [1.165, 1.54) is 22.3 Å². The van der Waals surface area contributed by atoms with Gasteiger partial charge in [0, 0.05) is 31.5 Å². The van der Waals surface area contributed by atoms with Gasteiger partial charge >= 0.3 is 5.97 Å². The summed E-state index contributed by atoms with van der Waals surface area (Å²) < 4.78 is 6.47. The van der Waals surface area contributed by atoms with Gasteiger partial charge in [0.05, 0.1) is 6.54 Å². The van der Waals surface area contributed by atoms with Gasteiger partial charge in [-0.15, -0.1) is 0 Å². The zero-order chi connectivity index (χ0) is 19.0. The third-order valence-electron chi connectivity index (χ3n) is 5.78. The number of piperidine rings is 1. The summed E-state index contributed by atoms with van der Waals surface area (Å²) in [5.41, 5.74) is 5.75. The minimum atomic E-state index is -0.771. The summed E-state index contributed by atoms with van der Waals surface area (Å²) >= 11 is 0. The number of rotatable bonds is 3. The molecule has 1 saturated heterocycles. The van der Waals surface area contributed by atoms with Crippen molar-refractivity contribution in [1.29, 1.82) is 0 Å². The molecule has 2 aromatic carbocycles. The van der Waals surface area contributed by atoms with Crippen molar-refractivity contribution >= 4 is 11.5 Å². The molecule has 0 bridgehead atoms. The fourth-order valence-corrected chi connectivity index (χ4v) is 4.04. The van der Waals surface area contributed by atoms with E-state index in [1.807, 2.05) is 23.1 Å². The van der Waals surface area contributed by atoms with Crippen LogP contribution in [0.1, 0.15) is 35.1 Å². The topological polar surface area (TPSA) is 49.8 Å². The fourth-order valence-electron chi connectivity index (χ4n) is 4.04. The number of ether oxygens (including phenoxy) is 1. The number of carboxylic acids is 1. The van der Waals surface area contributed by atoms with Crippen LogP contribution < -0.4 is 4.74 Å². The predicted molar refractivity (Wildman–Crippen MR) is 106 cm³/mol. The van der Waals surface area contributed by atoms with Gasteiger partial charge in [-0.2, -0.15) is 0 Å². The highest BCUT2D eigenvalue weighted by Gasteiger charge is 2.39. The normalized spacial score (nSPS) is 18.5. The van der Waals surface area contributed by atoms with Crippen LogP contribution in [0.3, 0.4) is 0 Å². The van der Waals surface area contributed by atoms with E-state index >= 15 is 0 Å². The van der Waals surface area contributed by atoms with Gasteiger partial charge in [-0.25, -0.2) is 0 Å². The molecule has 0 aromatic heterocycles. The van der Waals surface area contributed by atoms with Gasteiger partial charge in [-0.1, -0.05) is 36.4 Å². The van der Waals surface area contributed by atoms with Crippen LogP contribution in [0.5, 0.6) is 5.75 Å². The Morgan fingerprint density at radius 1 is 1.11 bits per heavy atom. The third-order valence-corrected chi connectivity index (χ3v) is 5.78. The van der Waals surface area contributed by atoms with Gasteiger partial charge in [0.15, 0.2) is 0 Å². The Balaban J connectivity index is 1.71. The van der Waals surface area contributed by atoms with Crippen molar-refractivity contribution in [3.8, 4) is 5.75 Å². The summed E-state index contributed by atoms with van der Waals surface area (Å²) in [4.78, 5) is 13.0. The summed E-state index contributed by atoms with van der Waals surface area (Å²) in [6, 6.07) is 14.8. The molecule has 0 unspecified atom stereocenters. The number of fused-ring (bicyclic) bond motifs is 1. The maximum Gasteiger partial charge on any atom is 0.317 e. The quantitative estimate of drug-likeness (QED) is 0.894. The van der Waals surface area contributed by atoms with E-state index in [0.29, 0.717) is 0 Å². The van der Waals surface area contributed by atoms with Crippen LogP contribution in [-0.4, -0.2) is 41.2 Å². The van der Waals surface area contributed by atoms with E-state index in [0.717, 1.165) is 37.2 Å². The molecule has 4 nitrogen and oxygen atoms in total. The maximum atomic E-state index is 11.0. The first-order valence-corrected chi connectivity index (χ1v) is 9.49. The zero-order valence-corrected chi connectivity index (χ0v) is 15.9. The minimum absolute atomic E-state index is 0.0976. The average Bonchev–Trinajstić information content (AvgIpc) is 2.65. The number of hydrogen-bond donors (Lipinski definition) is 1. The summed E-state index contributed by atoms with van der Waals surface area (Å²) in [5, 5.41) is 9.05. The molecule has 0 radical (unpaired) electrons. The Morgan fingerprint density at radius 3 is 2.56 bits per heavy atom. The molecule has 4 heteroatoms. The number of likely N-dealkylation sites (tertiary alicyclic amines) is 1. The number of hydrogen-bond acceptors (Lipinski definition) is 3. The first-order chi connectivity index (χ1) is 13.0. The second-order valence-corrected chi connectivity index (χ2v) is 7.69. The number of carbonyl (C=O) groups is 1. The molecule has 2 heterocycles. The van der Waals surface area contributed by atoms with Gasteiger partial charge in [0.25, 0.3) is 0 Å². The van der Waals surface area contributed by atoms with E-state index in [1.54, 1.807) is 0 Å². The molecule has 0 saturated carbocycles. The second-order valence-electron chi connectivity index (χ2n) is 7.69. The van der Waals surface area contributed by atoms with Crippen molar-refractivity contribution in [2.45, 2.75) is 32.3 Å². The van der Waals surface area contributed by atoms with Crippen LogP contribution in [0.4, 0.5) is 0 Å². The SMILES string of the molecule is Cc1ccc(C2=CC3(CCN(CC(=O)O)CC3)Oc3ccccc32)cc1C. The Labute approximate surface area is 160 Å². The van der Waals surface area contributed by atoms with E-state index in [9.17, 15) is 4.79 Å². The van der Waals surface area contributed by atoms with Gasteiger partial charge in [0.2, 0.25) is 0 Å². The lowest BCUT2D eigenvalue weighted by atomic mass is 9.82. The summed E-state index contributed by atoms with van der Waals surface area (Å²) in [7, 11) is 0. The van der Waals surface area contributed by atoms with Crippen molar-refractivity contribution in [2.75, 3.05) is 19.6 Å². The zero-order valence-electron chi connectivity index (χ0n) is 15.9. The molecule has 2 aliphatic heterocycles. The molecule has 2 aromatic rings. The first kappa shape index (κ1) is 17.8. The fraction of sp³-hybridized carbons (Fsp3) is 0.348. The monoisotopic (exact) mass is 363 g/mol. The molecule has 1 spiro atoms. The number of benzene rings is 2. The first-order valence-electron chi connectivity index (χ1n) is 9.49. The molecule has 2 aliphatic rings. The molecule has 1 fully saturated rings. The van der Waals surface area contributed by atoms with Crippen LogP contribution in [-0.2, 0) is 4.79 Å². The molecular formula is C23H25NO3.